The fraction of sp³-hybridized carbons (Fsp3) is 0.286. The molecule has 5 nitrogen and oxygen atoms in total. The number of anilines is 1. The summed E-state index contributed by atoms with van der Waals surface area (Å²) >= 11 is 0. The van der Waals surface area contributed by atoms with Crippen LogP contribution in [0.2, 0.25) is 0 Å². The number of nitrogens with zero attached hydrogens (tertiary/aromatic N) is 2. The molecule has 1 N–H and O–H groups in total. The van der Waals surface area contributed by atoms with Gasteiger partial charge in [-0.15, -0.1) is 0 Å². The third-order valence-electron chi connectivity index (χ3n) is 5.84. The maximum Gasteiger partial charge on any atom is 0.208 e. The average molecular weight is 397 g/mol. The SMILES string of the molecule is O=S(=O)(c1cccc(F)c1)c1cnc2c(N3CC[C@H]4CNC[C@H]43)cccc2c1. The molecule has 144 valence electrons. The molecule has 0 unspecified atom stereocenters. The minimum Gasteiger partial charge on any atom is -0.365 e. The first kappa shape index (κ1) is 17.6. The number of hydrogen-bond donors (Lipinski definition) is 1. The van der Waals surface area contributed by atoms with Gasteiger partial charge in [-0.1, -0.05) is 18.2 Å². The maximum atomic E-state index is 13.5. The molecule has 0 spiro atoms. The zero-order valence-electron chi connectivity index (χ0n) is 15.2. The monoisotopic (exact) mass is 397 g/mol. The topological polar surface area (TPSA) is 62.3 Å². The van der Waals surface area contributed by atoms with Crippen LogP contribution in [0.5, 0.6) is 0 Å². The highest BCUT2D eigenvalue weighted by atomic mass is 32.2. The van der Waals surface area contributed by atoms with Crippen molar-refractivity contribution in [1.82, 2.24) is 10.3 Å². The Bertz CT molecular complexity index is 1170. The molecule has 2 atom stereocenters. The minimum absolute atomic E-state index is 0.0655. The highest BCUT2D eigenvalue weighted by Crippen LogP contribution is 2.36. The third-order valence-corrected chi connectivity index (χ3v) is 7.55. The van der Waals surface area contributed by atoms with Gasteiger partial charge in [-0.3, -0.25) is 4.98 Å². The van der Waals surface area contributed by atoms with E-state index in [2.05, 4.69) is 21.3 Å². The molecule has 3 heterocycles. The molecule has 0 bridgehead atoms. The largest absolute Gasteiger partial charge is 0.365 e. The van der Waals surface area contributed by atoms with Crippen LogP contribution in [0.15, 0.2) is 64.5 Å². The van der Waals surface area contributed by atoms with Gasteiger partial charge in [-0.25, -0.2) is 12.8 Å². The summed E-state index contributed by atoms with van der Waals surface area (Å²) < 4.78 is 39.3. The van der Waals surface area contributed by atoms with Gasteiger partial charge in [0.15, 0.2) is 0 Å². The number of para-hydroxylation sites is 1. The van der Waals surface area contributed by atoms with Gasteiger partial charge in [-0.05, 0) is 42.7 Å². The van der Waals surface area contributed by atoms with E-state index in [0.717, 1.165) is 48.7 Å². The number of rotatable bonds is 3. The minimum atomic E-state index is -3.83. The van der Waals surface area contributed by atoms with Gasteiger partial charge < -0.3 is 10.2 Å². The molecule has 28 heavy (non-hydrogen) atoms. The van der Waals surface area contributed by atoms with Crippen molar-refractivity contribution in [2.75, 3.05) is 24.5 Å². The molecule has 0 saturated carbocycles. The standard InChI is InChI=1S/C21H20FN3O2S/c22-16-4-2-5-17(10-16)28(26,27)18-9-14-3-1-6-19(21(14)24-12-18)25-8-7-15-11-23-13-20(15)25/h1-6,9-10,12,15,20,23H,7-8,11,13H2/t15-,20+/m0/s1. The Labute approximate surface area is 163 Å². The van der Waals surface area contributed by atoms with Gasteiger partial charge in [0.25, 0.3) is 0 Å². The summed E-state index contributed by atoms with van der Waals surface area (Å²) in [6, 6.07) is 13.0. The summed E-state index contributed by atoms with van der Waals surface area (Å²) in [6.07, 6.45) is 2.53. The Hall–Kier alpha value is -2.51. The van der Waals surface area contributed by atoms with Crippen LogP contribution in [0, 0.1) is 11.7 Å². The first-order chi connectivity index (χ1) is 13.5. The van der Waals surface area contributed by atoms with E-state index in [1.54, 1.807) is 6.07 Å². The Morgan fingerprint density at radius 3 is 2.79 bits per heavy atom. The predicted octanol–water partition coefficient (Wildman–Crippen LogP) is 3.00. The van der Waals surface area contributed by atoms with E-state index in [4.69, 9.17) is 0 Å². The van der Waals surface area contributed by atoms with Crippen molar-refractivity contribution in [3.05, 3.63) is 60.5 Å². The second kappa shape index (κ2) is 6.53. The number of halogens is 1. The normalized spacial score (nSPS) is 22.0. The number of hydrogen-bond acceptors (Lipinski definition) is 5. The van der Waals surface area contributed by atoms with Gasteiger partial charge in [0.05, 0.1) is 21.0 Å². The molecule has 2 aliphatic rings. The average Bonchev–Trinajstić information content (AvgIpc) is 3.31. The molecule has 7 heteroatoms. The molecule has 2 aromatic carbocycles. The van der Waals surface area contributed by atoms with E-state index in [-0.39, 0.29) is 9.79 Å². The zero-order valence-corrected chi connectivity index (χ0v) is 16.0. The number of benzene rings is 2. The Kier molecular flexibility index (Phi) is 4.10. The lowest BCUT2D eigenvalue weighted by molar-refractivity contribution is 0.579. The number of nitrogens with one attached hydrogen (secondary N) is 1. The Balaban J connectivity index is 1.58. The summed E-state index contributed by atoms with van der Waals surface area (Å²) in [5.41, 5.74) is 1.84. The summed E-state index contributed by atoms with van der Waals surface area (Å²) in [6.45, 7) is 3.00. The fourth-order valence-corrected chi connectivity index (χ4v) is 5.69. The molecule has 1 aromatic heterocycles. The Morgan fingerprint density at radius 1 is 1.07 bits per heavy atom. The van der Waals surface area contributed by atoms with Crippen LogP contribution < -0.4 is 10.2 Å². The van der Waals surface area contributed by atoms with Crippen LogP contribution in [0.4, 0.5) is 10.1 Å². The van der Waals surface area contributed by atoms with Crippen LogP contribution in [0.1, 0.15) is 6.42 Å². The van der Waals surface area contributed by atoms with Crippen molar-refractivity contribution in [3.8, 4) is 0 Å². The second-order valence-corrected chi connectivity index (χ2v) is 9.40. The lowest BCUT2D eigenvalue weighted by atomic mass is 10.0. The van der Waals surface area contributed by atoms with Crippen molar-refractivity contribution in [3.63, 3.8) is 0 Å². The van der Waals surface area contributed by atoms with Crippen molar-refractivity contribution >= 4 is 26.4 Å². The number of fused-ring (bicyclic) bond motifs is 2. The first-order valence-corrected chi connectivity index (χ1v) is 10.9. The summed E-state index contributed by atoms with van der Waals surface area (Å²) in [5, 5.41) is 4.22. The Morgan fingerprint density at radius 2 is 1.93 bits per heavy atom. The number of sulfone groups is 1. The van der Waals surface area contributed by atoms with Crippen LogP contribution in [-0.2, 0) is 9.84 Å². The lowest BCUT2D eigenvalue weighted by Crippen LogP contribution is -2.34. The van der Waals surface area contributed by atoms with Gasteiger partial charge >= 0.3 is 0 Å². The quantitative estimate of drug-likeness (QED) is 0.736. The second-order valence-electron chi connectivity index (χ2n) is 7.45. The van der Waals surface area contributed by atoms with Crippen LogP contribution >= 0.6 is 0 Å². The van der Waals surface area contributed by atoms with Crippen LogP contribution in [0.25, 0.3) is 10.9 Å². The molecule has 0 aliphatic carbocycles. The van der Waals surface area contributed by atoms with Gasteiger partial charge in [0, 0.05) is 37.3 Å². The first-order valence-electron chi connectivity index (χ1n) is 9.41. The molecular weight excluding hydrogens is 377 g/mol. The maximum absolute atomic E-state index is 13.5. The molecular formula is C21H20FN3O2S. The van der Waals surface area contributed by atoms with Crippen LogP contribution in [-0.4, -0.2) is 39.1 Å². The molecule has 2 fully saturated rings. The van der Waals surface area contributed by atoms with E-state index >= 15 is 0 Å². The fourth-order valence-electron chi connectivity index (χ4n) is 4.42. The van der Waals surface area contributed by atoms with Crippen LogP contribution in [0.3, 0.4) is 0 Å². The van der Waals surface area contributed by atoms with Gasteiger partial charge in [0.1, 0.15) is 5.82 Å². The lowest BCUT2D eigenvalue weighted by Gasteiger charge is -2.26. The van der Waals surface area contributed by atoms with Crippen molar-refractivity contribution in [1.29, 1.82) is 0 Å². The van der Waals surface area contributed by atoms with E-state index in [0.29, 0.717) is 12.0 Å². The molecule has 5 rings (SSSR count). The van der Waals surface area contributed by atoms with Crippen molar-refractivity contribution in [2.45, 2.75) is 22.3 Å². The summed E-state index contributed by atoms with van der Waals surface area (Å²) in [7, 11) is -3.83. The molecule has 0 amide bonds. The molecule has 3 aromatic rings. The molecule has 2 aliphatic heterocycles. The molecule has 2 saturated heterocycles. The van der Waals surface area contributed by atoms with E-state index in [1.165, 1.54) is 24.4 Å². The summed E-state index contributed by atoms with van der Waals surface area (Å²) in [5.74, 6) is 0.0776. The van der Waals surface area contributed by atoms with Crippen molar-refractivity contribution in [2.24, 2.45) is 5.92 Å². The van der Waals surface area contributed by atoms with Gasteiger partial charge in [0.2, 0.25) is 9.84 Å². The van der Waals surface area contributed by atoms with E-state index in [1.807, 2.05) is 12.1 Å². The number of aromatic nitrogens is 1. The smallest absolute Gasteiger partial charge is 0.208 e. The molecule has 0 radical (unpaired) electrons. The van der Waals surface area contributed by atoms with Crippen molar-refractivity contribution < 1.29 is 12.8 Å². The van der Waals surface area contributed by atoms with Gasteiger partial charge in [-0.2, -0.15) is 0 Å². The summed E-state index contributed by atoms with van der Waals surface area (Å²) in [4.78, 5) is 6.92. The highest BCUT2D eigenvalue weighted by Gasteiger charge is 2.38. The van der Waals surface area contributed by atoms with E-state index < -0.39 is 15.7 Å². The number of pyridine rings is 1. The zero-order chi connectivity index (χ0) is 19.3. The highest BCUT2D eigenvalue weighted by molar-refractivity contribution is 7.91. The predicted molar refractivity (Wildman–Crippen MR) is 106 cm³/mol. The third kappa shape index (κ3) is 2.77. The van der Waals surface area contributed by atoms with E-state index in [9.17, 15) is 12.8 Å².